The van der Waals surface area contributed by atoms with Crippen LogP contribution in [0.4, 0.5) is 13.2 Å². The SMILES string of the molecule is CCN=C1N[C@@H]2[C@@H](O)[C@H](O)[C@@H]([C@@H](O)C(F)(F)F)C[C@@H]2S1. The maximum atomic E-state index is 12.6. The predicted molar refractivity (Wildman–Crippen MR) is 68.5 cm³/mol. The number of aliphatic hydroxyl groups is 3. The van der Waals surface area contributed by atoms with Crippen molar-refractivity contribution in [2.75, 3.05) is 6.54 Å². The Labute approximate surface area is 118 Å². The Morgan fingerprint density at radius 2 is 2.05 bits per heavy atom. The Balaban J connectivity index is 2.15. The molecule has 0 bridgehead atoms. The van der Waals surface area contributed by atoms with E-state index in [0.717, 1.165) is 0 Å². The van der Waals surface area contributed by atoms with Gasteiger partial charge in [-0.25, -0.2) is 0 Å². The van der Waals surface area contributed by atoms with Crippen molar-refractivity contribution in [1.82, 2.24) is 5.32 Å². The fourth-order valence-electron chi connectivity index (χ4n) is 2.64. The van der Waals surface area contributed by atoms with Gasteiger partial charge in [0.25, 0.3) is 0 Å². The van der Waals surface area contributed by atoms with Crippen LogP contribution in [-0.4, -0.2) is 62.8 Å². The minimum Gasteiger partial charge on any atom is -0.390 e. The molecule has 1 aliphatic carbocycles. The molecule has 1 heterocycles. The van der Waals surface area contributed by atoms with Crippen LogP contribution in [0, 0.1) is 5.92 Å². The normalized spacial score (nSPS) is 41.4. The Kier molecular flexibility index (Phi) is 4.53. The number of nitrogens with one attached hydrogen (secondary N) is 1. The minimum absolute atomic E-state index is 0.0377. The van der Waals surface area contributed by atoms with Gasteiger partial charge in [-0.1, -0.05) is 11.8 Å². The number of aliphatic imine (C=N–C) groups is 1. The Morgan fingerprint density at radius 1 is 1.40 bits per heavy atom. The predicted octanol–water partition coefficient (Wildman–Crippen LogP) is 0.101. The van der Waals surface area contributed by atoms with E-state index in [1.807, 2.05) is 6.92 Å². The van der Waals surface area contributed by atoms with E-state index >= 15 is 0 Å². The Bertz CT molecular complexity index is 394. The molecule has 0 aromatic rings. The first-order valence-electron chi connectivity index (χ1n) is 6.34. The molecule has 0 radical (unpaired) electrons. The summed E-state index contributed by atoms with van der Waals surface area (Å²) in [5, 5.41) is 32.2. The fraction of sp³-hybridized carbons (Fsp3) is 0.909. The molecule has 1 saturated heterocycles. The van der Waals surface area contributed by atoms with Crippen molar-refractivity contribution in [3.8, 4) is 0 Å². The van der Waals surface area contributed by atoms with Gasteiger partial charge >= 0.3 is 6.18 Å². The van der Waals surface area contributed by atoms with Gasteiger partial charge in [0.1, 0.15) is 6.10 Å². The number of aliphatic hydroxyl groups excluding tert-OH is 3. The van der Waals surface area contributed by atoms with E-state index in [0.29, 0.717) is 11.7 Å². The van der Waals surface area contributed by atoms with Crippen molar-refractivity contribution < 1.29 is 28.5 Å². The van der Waals surface area contributed by atoms with Crippen LogP contribution < -0.4 is 5.32 Å². The van der Waals surface area contributed by atoms with Crippen LogP contribution in [0.1, 0.15) is 13.3 Å². The highest BCUT2D eigenvalue weighted by atomic mass is 32.2. The molecule has 20 heavy (non-hydrogen) atoms. The molecule has 0 amide bonds. The summed E-state index contributed by atoms with van der Waals surface area (Å²) in [6.45, 7) is 2.33. The van der Waals surface area contributed by atoms with Crippen molar-refractivity contribution in [3.63, 3.8) is 0 Å². The number of amidine groups is 1. The number of hydrogen-bond donors (Lipinski definition) is 4. The lowest BCUT2D eigenvalue weighted by atomic mass is 9.78. The fourth-order valence-corrected chi connectivity index (χ4v) is 4.03. The second kappa shape index (κ2) is 5.70. The van der Waals surface area contributed by atoms with Crippen molar-refractivity contribution in [2.24, 2.45) is 10.9 Å². The zero-order valence-electron chi connectivity index (χ0n) is 10.7. The molecule has 1 saturated carbocycles. The largest absolute Gasteiger partial charge is 0.414 e. The molecule has 116 valence electrons. The van der Waals surface area contributed by atoms with Crippen LogP contribution in [0.5, 0.6) is 0 Å². The first-order valence-corrected chi connectivity index (χ1v) is 7.22. The standard InChI is InChI=1S/C11H17F3N2O3S/c1-2-15-10-16-6-5(20-10)3-4(7(17)8(6)18)9(19)11(12,13)14/h4-9,17-19H,2-3H2,1H3,(H,15,16)/t4-,5-,6-,7+,8+,9+/m0/s1. The molecule has 2 fully saturated rings. The van der Waals surface area contributed by atoms with Gasteiger partial charge in [0.05, 0.1) is 12.1 Å². The van der Waals surface area contributed by atoms with E-state index in [4.69, 9.17) is 0 Å². The van der Waals surface area contributed by atoms with Gasteiger partial charge in [0.2, 0.25) is 0 Å². The monoisotopic (exact) mass is 314 g/mol. The van der Waals surface area contributed by atoms with Crippen LogP contribution in [0.3, 0.4) is 0 Å². The summed E-state index contributed by atoms with van der Waals surface area (Å²) in [7, 11) is 0. The first-order chi connectivity index (χ1) is 9.25. The maximum Gasteiger partial charge on any atom is 0.414 e. The second-order valence-corrected chi connectivity index (χ2v) is 6.20. The number of fused-ring (bicyclic) bond motifs is 1. The average Bonchev–Trinajstić information content (AvgIpc) is 2.75. The molecule has 5 nitrogen and oxygen atoms in total. The molecule has 0 unspecified atom stereocenters. The molecule has 0 spiro atoms. The lowest BCUT2D eigenvalue weighted by Gasteiger charge is -2.41. The summed E-state index contributed by atoms with van der Waals surface area (Å²) in [6, 6.07) is -0.544. The summed E-state index contributed by atoms with van der Waals surface area (Å²) >= 11 is 1.25. The van der Waals surface area contributed by atoms with Crippen LogP contribution in [0.15, 0.2) is 4.99 Å². The van der Waals surface area contributed by atoms with Crippen molar-refractivity contribution >= 4 is 16.9 Å². The van der Waals surface area contributed by atoms with E-state index in [1.54, 1.807) is 0 Å². The zero-order chi connectivity index (χ0) is 15.1. The third kappa shape index (κ3) is 2.90. The van der Waals surface area contributed by atoms with Crippen molar-refractivity contribution in [1.29, 1.82) is 0 Å². The van der Waals surface area contributed by atoms with E-state index in [2.05, 4.69) is 10.3 Å². The minimum atomic E-state index is -4.81. The summed E-state index contributed by atoms with van der Waals surface area (Å²) in [5.41, 5.74) is 0. The summed E-state index contributed by atoms with van der Waals surface area (Å²) in [6.07, 6.45) is -10.5. The van der Waals surface area contributed by atoms with E-state index in [-0.39, 0.29) is 11.7 Å². The molecule has 1 aliphatic heterocycles. The summed E-state index contributed by atoms with van der Waals surface area (Å²) < 4.78 is 37.8. The molecule has 0 aromatic heterocycles. The summed E-state index contributed by atoms with van der Waals surface area (Å²) in [4.78, 5) is 4.12. The first kappa shape index (κ1) is 15.9. The van der Waals surface area contributed by atoms with Crippen LogP contribution in [0.2, 0.25) is 0 Å². The molecular formula is C11H17F3N2O3S. The summed E-state index contributed by atoms with van der Waals surface area (Å²) in [5.74, 6) is -1.43. The van der Waals surface area contributed by atoms with Gasteiger partial charge in [-0.05, 0) is 13.3 Å². The van der Waals surface area contributed by atoms with Gasteiger partial charge < -0.3 is 20.6 Å². The average molecular weight is 314 g/mol. The molecular weight excluding hydrogens is 297 g/mol. The quantitative estimate of drug-likeness (QED) is 0.581. The molecule has 2 aliphatic rings. The van der Waals surface area contributed by atoms with Gasteiger partial charge in [0, 0.05) is 17.7 Å². The Morgan fingerprint density at radius 3 is 2.60 bits per heavy atom. The van der Waals surface area contributed by atoms with E-state index in [9.17, 15) is 28.5 Å². The highest BCUT2D eigenvalue weighted by molar-refractivity contribution is 8.14. The lowest BCUT2D eigenvalue weighted by molar-refractivity contribution is -0.238. The van der Waals surface area contributed by atoms with Crippen molar-refractivity contribution in [3.05, 3.63) is 0 Å². The van der Waals surface area contributed by atoms with Gasteiger partial charge in [-0.2, -0.15) is 13.2 Å². The molecule has 9 heteroatoms. The van der Waals surface area contributed by atoms with Crippen LogP contribution in [0.25, 0.3) is 0 Å². The molecule has 4 N–H and O–H groups in total. The Hall–Kier alpha value is -0.510. The third-order valence-electron chi connectivity index (χ3n) is 3.66. The van der Waals surface area contributed by atoms with Crippen molar-refractivity contribution in [2.45, 2.75) is 49.1 Å². The smallest absolute Gasteiger partial charge is 0.390 e. The zero-order valence-corrected chi connectivity index (χ0v) is 11.5. The molecule has 6 atom stereocenters. The lowest BCUT2D eigenvalue weighted by Crippen LogP contribution is -2.59. The number of rotatable bonds is 2. The number of alkyl halides is 3. The molecule has 0 aromatic carbocycles. The maximum absolute atomic E-state index is 12.6. The van der Waals surface area contributed by atoms with Gasteiger partial charge in [0.15, 0.2) is 11.3 Å². The number of nitrogens with zero attached hydrogens (tertiary/aromatic N) is 1. The van der Waals surface area contributed by atoms with Crippen LogP contribution in [-0.2, 0) is 0 Å². The topological polar surface area (TPSA) is 85.1 Å². The van der Waals surface area contributed by atoms with Crippen LogP contribution >= 0.6 is 11.8 Å². The number of thioether (sulfide) groups is 1. The third-order valence-corrected chi connectivity index (χ3v) is 4.92. The highest BCUT2D eigenvalue weighted by Gasteiger charge is 2.55. The second-order valence-electron chi connectivity index (χ2n) is 4.97. The number of hydrogen-bond acceptors (Lipinski definition) is 5. The molecule has 2 rings (SSSR count). The van der Waals surface area contributed by atoms with Gasteiger partial charge in [-0.3, -0.25) is 4.99 Å². The van der Waals surface area contributed by atoms with Gasteiger partial charge in [-0.15, -0.1) is 0 Å². The van der Waals surface area contributed by atoms with E-state index in [1.165, 1.54) is 11.8 Å². The highest BCUT2D eigenvalue weighted by Crippen LogP contribution is 2.41. The van der Waals surface area contributed by atoms with E-state index < -0.39 is 36.4 Å². The number of halogens is 3.